The Labute approximate surface area is 133 Å². The molecule has 0 saturated carbocycles. The molecule has 2 rings (SSSR count). The average molecular weight is 315 g/mol. The van der Waals surface area contributed by atoms with Crippen molar-refractivity contribution in [1.29, 1.82) is 0 Å². The summed E-state index contributed by atoms with van der Waals surface area (Å²) in [5.41, 5.74) is 0.616. The summed E-state index contributed by atoms with van der Waals surface area (Å²) in [7, 11) is 1.28. The maximum atomic E-state index is 12.2. The Morgan fingerprint density at radius 1 is 1.09 bits per heavy atom. The van der Waals surface area contributed by atoms with E-state index in [9.17, 15) is 14.7 Å². The number of hydrogen-bond acceptors (Lipinski definition) is 5. The maximum absolute atomic E-state index is 12.2. The average Bonchev–Trinajstić information content (AvgIpc) is 2.56. The third kappa shape index (κ3) is 4.23. The van der Waals surface area contributed by atoms with Crippen LogP contribution in [-0.4, -0.2) is 30.2 Å². The predicted molar refractivity (Wildman–Crippen MR) is 84.6 cm³/mol. The van der Waals surface area contributed by atoms with Crippen molar-refractivity contribution < 1.29 is 24.2 Å². The summed E-state index contributed by atoms with van der Waals surface area (Å²) in [4.78, 5) is 23.9. The monoisotopic (exact) mass is 315 g/mol. The van der Waals surface area contributed by atoms with E-state index in [-0.39, 0.29) is 11.3 Å². The second kappa shape index (κ2) is 7.31. The molecule has 0 saturated heterocycles. The number of benzene rings is 2. The van der Waals surface area contributed by atoms with Gasteiger partial charge in [-0.1, -0.05) is 12.1 Å². The van der Waals surface area contributed by atoms with Crippen LogP contribution in [0.3, 0.4) is 0 Å². The van der Waals surface area contributed by atoms with Crippen molar-refractivity contribution >= 4 is 17.6 Å². The number of esters is 1. The zero-order valence-corrected chi connectivity index (χ0v) is 12.8. The molecule has 0 bridgehead atoms. The van der Waals surface area contributed by atoms with Gasteiger partial charge in [0.15, 0.2) is 6.10 Å². The van der Waals surface area contributed by atoms with Crippen LogP contribution >= 0.6 is 0 Å². The van der Waals surface area contributed by atoms with Gasteiger partial charge in [0.25, 0.3) is 5.91 Å². The van der Waals surface area contributed by atoms with Gasteiger partial charge in [0.05, 0.1) is 18.4 Å². The van der Waals surface area contributed by atoms with E-state index in [1.165, 1.54) is 19.2 Å². The number of carbonyl (C=O) groups excluding carboxylic acids is 2. The van der Waals surface area contributed by atoms with Crippen molar-refractivity contribution in [3.63, 3.8) is 0 Å². The number of carbonyl (C=O) groups is 2. The van der Waals surface area contributed by atoms with Gasteiger partial charge in [-0.2, -0.15) is 0 Å². The lowest BCUT2D eigenvalue weighted by Gasteiger charge is -2.16. The molecule has 1 unspecified atom stereocenters. The number of aromatic hydroxyl groups is 1. The second-order valence-corrected chi connectivity index (χ2v) is 4.78. The van der Waals surface area contributed by atoms with Gasteiger partial charge in [0, 0.05) is 0 Å². The number of phenolic OH excluding ortho intramolecular Hbond substituents is 1. The molecule has 1 atom stereocenters. The number of rotatable bonds is 5. The number of amides is 1. The standard InChI is InChI=1S/C17H17NO5/c1-11(23-13-9-7-12(19)8-10-13)16(20)18-15-6-4-3-5-14(15)17(21)22-2/h3-11,19H,1-2H3,(H,18,20). The molecule has 0 fully saturated rings. The highest BCUT2D eigenvalue weighted by molar-refractivity contribution is 6.02. The van der Waals surface area contributed by atoms with Crippen molar-refractivity contribution in [3.05, 3.63) is 54.1 Å². The Morgan fingerprint density at radius 2 is 1.74 bits per heavy atom. The minimum atomic E-state index is -0.787. The third-order valence-electron chi connectivity index (χ3n) is 3.11. The maximum Gasteiger partial charge on any atom is 0.339 e. The fourth-order valence-corrected chi connectivity index (χ4v) is 1.90. The van der Waals surface area contributed by atoms with Crippen LogP contribution in [-0.2, 0) is 9.53 Å². The van der Waals surface area contributed by atoms with E-state index in [1.54, 1.807) is 43.3 Å². The van der Waals surface area contributed by atoms with Crippen LogP contribution in [0.4, 0.5) is 5.69 Å². The SMILES string of the molecule is COC(=O)c1ccccc1NC(=O)C(C)Oc1ccc(O)cc1. The first kappa shape index (κ1) is 16.4. The van der Waals surface area contributed by atoms with Crippen LogP contribution in [0.1, 0.15) is 17.3 Å². The summed E-state index contributed by atoms with van der Waals surface area (Å²) in [5.74, 6) is -0.379. The molecule has 0 aliphatic carbocycles. The molecule has 0 radical (unpaired) electrons. The first-order valence-electron chi connectivity index (χ1n) is 6.95. The van der Waals surface area contributed by atoms with Crippen molar-refractivity contribution in [3.8, 4) is 11.5 Å². The van der Waals surface area contributed by atoms with Crippen LogP contribution in [0, 0.1) is 0 Å². The highest BCUT2D eigenvalue weighted by atomic mass is 16.5. The first-order valence-corrected chi connectivity index (χ1v) is 6.95. The number of nitrogens with one attached hydrogen (secondary N) is 1. The van der Waals surface area contributed by atoms with E-state index < -0.39 is 18.0 Å². The molecule has 0 heterocycles. The molecule has 1 amide bonds. The normalized spacial score (nSPS) is 11.4. The van der Waals surface area contributed by atoms with E-state index in [2.05, 4.69) is 10.1 Å². The van der Waals surface area contributed by atoms with E-state index >= 15 is 0 Å². The number of para-hydroxylation sites is 1. The van der Waals surface area contributed by atoms with E-state index in [4.69, 9.17) is 4.74 Å². The Bertz CT molecular complexity index is 696. The zero-order valence-electron chi connectivity index (χ0n) is 12.8. The number of anilines is 1. The number of phenols is 1. The molecular formula is C17H17NO5. The van der Waals surface area contributed by atoms with Gasteiger partial charge in [0.2, 0.25) is 0 Å². The number of hydrogen-bond donors (Lipinski definition) is 2. The molecule has 2 N–H and O–H groups in total. The van der Waals surface area contributed by atoms with Crippen LogP contribution in [0.25, 0.3) is 0 Å². The summed E-state index contributed by atoms with van der Waals surface area (Å²) < 4.78 is 10.2. The second-order valence-electron chi connectivity index (χ2n) is 4.78. The van der Waals surface area contributed by atoms with Crippen LogP contribution in [0.2, 0.25) is 0 Å². The third-order valence-corrected chi connectivity index (χ3v) is 3.11. The van der Waals surface area contributed by atoms with Gasteiger partial charge in [-0.15, -0.1) is 0 Å². The number of methoxy groups -OCH3 is 1. The van der Waals surface area contributed by atoms with Gasteiger partial charge in [-0.05, 0) is 43.3 Å². The zero-order chi connectivity index (χ0) is 16.8. The molecule has 6 heteroatoms. The van der Waals surface area contributed by atoms with Crippen LogP contribution < -0.4 is 10.1 Å². The summed E-state index contributed by atoms with van der Waals surface area (Å²) >= 11 is 0. The van der Waals surface area contributed by atoms with Crippen LogP contribution in [0.15, 0.2) is 48.5 Å². The van der Waals surface area contributed by atoms with E-state index in [0.29, 0.717) is 11.4 Å². The van der Waals surface area contributed by atoms with Gasteiger partial charge in [-0.25, -0.2) is 4.79 Å². The van der Waals surface area contributed by atoms with E-state index in [0.717, 1.165) is 0 Å². The predicted octanol–water partition coefficient (Wildman–Crippen LogP) is 2.58. The molecule has 2 aromatic rings. The quantitative estimate of drug-likeness (QED) is 0.828. The largest absolute Gasteiger partial charge is 0.508 e. The molecular weight excluding hydrogens is 298 g/mol. The summed E-state index contributed by atoms with van der Waals surface area (Å²) in [6.07, 6.45) is -0.787. The minimum Gasteiger partial charge on any atom is -0.508 e. The van der Waals surface area contributed by atoms with Crippen molar-refractivity contribution in [2.24, 2.45) is 0 Å². The Balaban J connectivity index is 2.06. The van der Waals surface area contributed by atoms with Crippen molar-refractivity contribution in [1.82, 2.24) is 0 Å². The van der Waals surface area contributed by atoms with Crippen molar-refractivity contribution in [2.75, 3.05) is 12.4 Å². The fourth-order valence-electron chi connectivity index (χ4n) is 1.90. The highest BCUT2D eigenvalue weighted by Gasteiger charge is 2.18. The molecule has 0 spiro atoms. The molecule has 0 aliphatic heterocycles. The summed E-state index contributed by atoms with van der Waals surface area (Å²) in [5, 5.41) is 11.9. The van der Waals surface area contributed by atoms with Gasteiger partial charge in [-0.3, -0.25) is 4.79 Å². The highest BCUT2D eigenvalue weighted by Crippen LogP contribution is 2.19. The smallest absolute Gasteiger partial charge is 0.339 e. The van der Waals surface area contributed by atoms with E-state index in [1.807, 2.05) is 0 Å². The molecule has 0 aliphatic rings. The number of ether oxygens (including phenoxy) is 2. The molecule has 120 valence electrons. The summed E-state index contributed by atoms with van der Waals surface area (Å²) in [6.45, 7) is 1.59. The van der Waals surface area contributed by atoms with Gasteiger partial charge < -0.3 is 19.9 Å². The fraction of sp³-hybridized carbons (Fsp3) is 0.176. The molecule has 2 aromatic carbocycles. The lowest BCUT2D eigenvalue weighted by Crippen LogP contribution is -2.30. The topological polar surface area (TPSA) is 84.9 Å². The van der Waals surface area contributed by atoms with Crippen LogP contribution in [0.5, 0.6) is 11.5 Å². The molecule has 23 heavy (non-hydrogen) atoms. The van der Waals surface area contributed by atoms with Gasteiger partial charge >= 0.3 is 5.97 Å². The minimum absolute atomic E-state index is 0.112. The van der Waals surface area contributed by atoms with Gasteiger partial charge in [0.1, 0.15) is 11.5 Å². The Morgan fingerprint density at radius 3 is 2.39 bits per heavy atom. The molecule has 0 aromatic heterocycles. The Kier molecular flexibility index (Phi) is 5.19. The lowest BCUT2D eigenvalue weighted by atomic mass is 10.1. The first-order chi connectivity index (χ1) is 11.0. The summed E-state index contributed by atoms with van der Waals surface area (Å²) in [6, 6.07) is 12.6. The molecule has 6 nitrogen and oxygen atoms in total. The Hall–Kier alpha value is -3.02. The lowest BCUT2D eigenvalue weighted by molar-refractivity contribution is -0.122. The van der Waals surface area contributed by atoms with Crippen molar-refractivity contribution in [2.45, 2.75) is 13.0 Å².